The van der Waals surface area contributed by atoms with Crippen molar-refractivity contribution in [3.8, 4) is 0 Å². The van der Waals surface area contributed by atoms with Crippen LogP contribution in [-0.2, 0) is 6.54 Å². The van der Waals surface area contributed by atoms with Gasteiger partial charge in [-0.3, -0.25) is 0 Å². The van der Waals surface area contributed by atoms with Crippen LogP contribution in [0.3, 0.4) is 0 Å². The molecule has 0 atom stereocenters. The lowest BCUT2D eigenvalue weighted by Crippen LogP contribution is -2.34. The molecule has 0 aliphatic heterocycles. The zero-order valence-corrected chi connectivity index (χ0v) is 16.5. The van der Waals surface area contributed by atoms with Gasteiger partial charge in [0, 0.05) is 24.0 Å². The van der Waals surface area contributed by atoms with Gasteiger partial charge in [0.15, 0.2) is 5.11 Å². The van der Waals surface area contributed by atoms with E-state index in [0.29, 0.717) is 11.7 Å². The number of hydrogen-bond donors (Lipinski definition) is 4. The van der Waals surface area contributed by atoms with Gasteiger partial charge in [-0.15, -0.1) is 0 Å². The predicted molar refractivity (Wildman–Crippen MR) is 113 cm³/mol. The molecule has 0 aromatic heterocycles. The Morgan fingerprint density at radius 3 is 2.19 bits per heavy atom. The molecule has 0 saturated heterocycles. The molecule has 0 spiro atoms. The zero-order valence-electron chi connectivity index (χ0n) is 15.6. The molecule has 0 fully saturated rings. The van der Waals surface area contributed by atoms with Crippen LogP contribution in [0.4, 0.5) is 16.2 Å². The standard InChI is InChI=1S/C20H26N4OS/c1-13(2)22-19(25)23-17-10-8-16(9-11-17)12-21-20(26)24-18-14(3)6-5-7-15(18)4/h5-11,13H,12H2,1-4H3,(H2,21,24,26)(H2,22,23,25). The van der Waals surface area contributed by atoms with Gasteiger partial charge in [-0.05, 0) is 68.7 Å². The fraction of sp³-hybridized carbons (Fsp3) is 0.300. The minimum atomic E-state index is -0.204. The maximum atomic E-state index is 11.7. The smallest absolute Gasteiger partial charge is 0.319 e. The summed E-state index contributed by atoms with van der Waals surface area (Å²) in [5.74, 6) is 0. The van der Waals surface area contributed by atoms with E-state index in [9.17, 15) is 4.79 Å². The predicted octanol–water partition coefficient (Wildman–Crippen LogP) is 4.32. The van der Waals surface area contributed by atoms with Crippen molar-refractivity contribution >= 4 is 34.7 Å². The highest BCUT2D eigenvalue weighted by atomic mass is 32.1. The molecule has 0 heterocycles. The van der Waals surface area contributed by atoms with E-state index in [-0.39, 0.29) is 12.1 Å². The van der Waals surface area contributed by atoms with E-state index in [1.807, 2.05) is 44.2 Å². The van der Waals surface area contributed by atoms with Crippen LogP contribution in [-0.4, -0.2) is 17.2 Å². The van der Waals surface area contributed by atoms with Crippen molar-refractivity contribution in [2.75, 3.05) is 10.6 Å². The number of thiocarbonyl (C=S) groups is 1. The lowest BCUT2D eigenvalue weighted by molar-refractivity contribution is 0.250. The summed E-state index contributed by atoms with van der Waals surface area (Å²) >= 11 is 5.39. The summed E-state index contributed by atoms with van der Waals surface area (Å²) in [6, 6.07) is 13.7. The maximum Gasteiger partial charge on any atom is 0.319 e. The third-order valence-corrected chi connectivity index (χ3v) is 4.05. The van der Waals surface area contributed by atoms with Gasteiger partial charge >= 0.3 is 6.03 Å². The average molecular weight is 371 g/mol. The largest absolute Gasteiger partial charge is 0.358 e. The van der Waals surface area contributed by atoms with Gasteiger partial charge in [-0.25, -0.2) is 4.79 Å². The van der Waals surface area contributed by atoms with Crippen molar-refractivity contribution in [2.45, 2.75) is 40.3 Å². The van der Waals surface area contributed by atoms with Crippen molar-refractivity contribution in [1.82, 2.24) is 10.6 Å². The molecule has 0 radical (unpaired) electrons. The van der Waals surface area contributed by atoms with E-state index in [1.165, 1.54) is 0 Å². The Balaban J connectivity index is 1.85. The molecule has 6 heteroatoms. The Morgan fingerprint density at radius 1 is 1.00 bits per heavy atom. The van der Waals surface area contributed by atoms with Gasteiger partial charge in [0.25, 0.3) is 0 Å². The fourth-order valence-corrected chi connectivity index (χ4v) is 2.66. The molecule has 5 nitrogen and oxygen atoms in total. The third kappa shape index (κ3) is 6.04. The Kier molecular flexibility index (Phi) is 6.97. The first-order valence-electron chi connectivity index (χ1n) is 8.62. The molecule has 0 unspecified atom stereocenters. The highest BCUT2D eigenvalue weighted by molar-refractivity contribution is 7.80. The van der Waals surface area contributed by atoms with Crippen LogP contribution in [0.2, 0.25) is 0 Å². The quantitative estimate of drug-likeness (QED) is 0.592. The van der Waals surface area contributed by atoms with E-state index in [0.717, 1.165) is 28.1 Å². The van der Waals surface area contributed by atoms with Crippen LogP contribution in [0.25, 0.3) is 0 Å². The Labute approximate surface area is 160 Å². The first-order valence-corrected chi connectivity index (χ1v) is 9.03. The second kappa shape index (κ2) is 9.20. The van der Waals surface area contributed by atoms with Crippen molar-refractivity contribution in [2.24, 2.45) is 0 Å². The molecular weight excluding hydrogens is 344 g/mol. The van der Waals surface area contributed by atoms with E-state index in [2.05, 4.69) is 47.2 Å². The van der Waals surface area contributed by atoms with Crippen LogP contribution in [0.1, 0.15) is 30.5 Å². The number of aryl methyl sites for hydroxylation is 2. The molecule has 138 valence electrons. The van der Waals surface area contributed by atoms with Crippen LogP contribution in [0.5, 0.6) is 0 Å². The molecule has 4 N–H and O–H groups in total. The van der Waals surface area contributed by atoms with Crippen molar-refractivity contribution in [3.05, 3.63) is 59.2 Å². The molecule has 0 aliphatic rings. The molecule has 2 aromatic rings. The number of amides is 2. The Bertz CT molecular complexity index is 752. The minimum Gasteiger partial charge on any atom is -0.358 e. The normalized spacial score (nSPS) is 10.3. The van der Waals surface area contributed by atoms with Crippen LogP contribution >= 0.6 is 12.2 Å². The lowest BCUT2D eigenvalue weighted by Gasteiger charge is -2.15. The number of anilines is 2. The summed E-state index contributed by atoms with van der Waals surface area (Å²) in [7, 11) is 0. The van der Waals surface area contributed by atoms with Crippen LogP contribution in [0.15, 0.2) is 42.5 Å². The fourth-order valence-electron chi connectivity index (χ4n) is 2.49. The van der Waals surface area contributed by atoms with Gasteiger partial charge in [-0.1, -0.05) is 30.3 Å². The molecule has 0 saturated carbocycles. The molecule has 2 aromatic carbocycles. The van der Waals surface area contributed by atoms with E-state index in [1.54, 1.807) is 0 Å². The van der Waals surface area contributed by atoms with Crippen molar-refractivity contribution in [3.63, 3.8) is 0 Å². The third-order valence-electron chi connectivity index (χ3n) is 3.80. The Hall–Kier alpha value is -2.60. The first kappa shape index (κ1) is 19.7. The first-order chi connectivity index (χ1) is 12.3. The van der Waals surface area contributed by atoms with E-state index in [4.69, 9.17) is 12.2 Å². The van der Waals surface area contributed by atoms with E-state index < -0.39 is 0 Å². The summed E-state index contributed by atoms with van der Waals surface area (Å²) in [6.07, 6.45) is 0. The maximum absolute atomic E-state index is 11.7. The molecular formula is C20H26N4OS. The number of carbonyl (C=O) groups excluding carboxylic acids is 1. The number of benzene rings is 2. The molecule has 0 bridgehead atoms. The Morgan fingerprint density at radius 2 is 1.62 bits per heavy atom. The second-order valence-corrected chi connectivity index (χ2v) is 6.93. The monoisotopic (exact) mass is 370 g/mol. The molecule has 2 rings (SSSR count). The van der Waals surface area contributed by atoms with Gasteiger partial charge in [0.2, 0.25) is 0 Å². The van der Waals surface area contributed by atoms with Crippen LogP contribution < -0.4 is 21.3 Å². The highest BCUT2D eigenvalue weighted by Gasteiger charge is 2.05. The summed E-state index contributed by atoms with van der Waals surface area (Å²) in [4.78, 5) is 11.7. The van der Waals surface area contributed by atoms with Crippen molar-refractivity contribution < 1.29 is 4.79 Å². The van der Waals surface area contributed by atoms with Gasteiger partial charge in [-0.2, -0.15) is 0 Å². The highest BCUT2D eigenvalue weighted by Crippen LogP contribution is 2.19. The SMILES string of the molecule is Cc1cccc(C)c1NC(=S)NCc1ccc(NC(=O)NC(C)C)cc1. The van der Waals surface area contributed by atoms with Crippen molar-refractivity contribution in [1.29, 1.82) is 0 Å². The summed E-state index contributed by atoms with van der Waals surface area (Å²) in [6.45, 7) is 8.56. The number of para-hydroxylation sites is 1. The number of hydrogen-bond acceptors (Lipinski definition) is 2. The van der Waals surface area contributed by atoms with Crippen LogP contribution in [0, 0.1) is 13.8 Å². The van der Waals surface area contributed by atoms with Gasteiger partial charge in [0.1, 0.15) is 0 Å². The lowest BCUT2D eigenvalue weighted by atomic mass is 10.1. The topological polar surface area (TPSA) is 65.2 Å². The molecule has 26 heavy (non-hydrogen) atoms. The number of rotatable bonds is 5. The zero-order chi connectivity index (χ0) is 19.1. The second-order valence-electron chi connectivity index (χ2n) is 6.52. The number of nitrogens with one attached hydrogen (secondary N) is 4. The number of carbonyl (C=O) groups is 1. The minimum absolute atomic E-state index is 0.101. The van der Waals surface area contributed by atoms with Gasteiger partial charge in [0.05, 0.1) is 0 Å². The number of urea groups is 1. The summed E-state index contributed by atoms with van der Waals surface area (Å²) in [5, 5.41) is 12.6. The summed E-state index contributed by atoms with van der Waals surface area (Å²) < 4.78 is 0. The average Bonchev–Trinajstić information content (AvgIpc) is 2.57. The molecule has 0 aliphatic carbocycles. The molecule has 2 amide bonds. The van der Waals surface area contributed by atoms with Gasteiger partial charge < -0.3 is 21.3 Å². The summed E-state index contributed by atoms with van der Waals surface area (Å²) in [5.41, 5.74) is 5.18. The van der Waals surface area contributed by atoms with E-state index >= 15 is 0 Å².